The fourth-order valence-electron chi connectivity index (χ4n) is 3.29. The molecule has 1 aliphatic heterocycles. The van der Waals surface area contributed by atoms with E-state index in [1.54, 1.807) is 18.5 Å². The second kappa shape index (κ2) is 7.53. The highest BCUT2D eigenvalue weighted by atomic mass is 32.2. The summed E-state index contributed by atoms with van der Waals surface area (Å²) < 4.78 is 0. The molecule has 0 radical (unpaired) electrons. The number of aromatic nitrogens is 3. The summed E-state index contributed by atoms with van der Waals surface area (Å²) in [6, 6.07) is 5.82. The molecule has 0 spiro atoms. The van der Waals surface area contributed by atoms with Crippen LogP contribution in [0, 0.1) is 11.3 Å². The van der Waals surface area contributed by atoms with E-state index in [0.29, 0.717) is 54.2 Å². The van der Waals surface area contributed by atoms with Gasteiger partial charge in [0.1, 0.15) is 11.1 Å². The van der Waals surface area contributed by atoms with Crippen molar-refractivity contribution in [3.8, 4) is 6.07 Å². The van der Waals surface area contributed by atoms with E-state index >= 15 is 0 Å². The Kier molecular flexibility index (Phi) is 4.94. The number of amides is 1. The SMILES string of the molecule is CSc1nc(C2CC2)cc(C(=O)N2CCN(c3ncccn3)CC2)c1C#N. The summed E-state index contributed by atoms with van der Waals surface area (Å²) in [4.78, 5) is 30.2. The quantitative estimate of drug-likeness (QED) is 0.752. The van der Waals surface area contributed by atoms with Gasteiger partial charge in [-0.15, -0.1) is 11.8 Å². The Balaban J connectivity index is 1.55. The molecule has 0 aromatic carbocycles. The molecule has 2 aromatic rings. The van der Waals surface area contributed by atoms with E-state index < -0.39 is 0 Å². The van der Waals surface area contributed by atoms with Crippen LogP contribution < -0.4 is 4.90 Å². The molecule has 0 atom stereocenters. The number of carbonyl (C=O) groups is 1. The van der Waals surface area contributed by atoms with Crippen LogP contribution in [-0.2, 0) is 0 Å². The number of piperazine rings is 1. The van der Waals surface area contributed by atoms with Crippen molar-refractivity contribution >= 4 is 23.6 Å². The first-order valence-electron chi connectivity index (χ1n) is 9.01. The summed E-state index contributed by atoms with van der Waals surface area (Å²) in [6.07, 6.45) is 7.55. The summed E-state index contributed by atoms with van der Waals surface area (Å²) in [5.41, 5.74) is 1.83. The molecule has 2 aromatic heterocycles. The van der Waals surface area contributed by atoms with E-state index in [9.17, 15) is 10.1 Å². The Hall–Kier alpha value is -2.66. The maximum Gasteiger partial charge on any atom is 0.255 e. The Morgan fingerprint density at radius 2 is 1.93 bits per heavy atom. The van der Waals surface area contributed by atoms with Crippen LogP contribution in [0.4, 0.5) is 5.95 Å². The van der Waals surface area contributed by atoms with Crippen molar-refractivity contribution in [1.82, 2.24) is 19.9 Å². The van der Waals surface area contributed by atoms with Crippen LogP contribution in [0.3, 0.4) is 0 Å². The second-order valence-electron chi connectivity index (χ2n) is 6.69. The first kappa shape index (κ1) is 17.7. The van der Waals surface area contributed by atoms with Gasteiger partial charge in [0.25, 0.3) is 5.91 Å². The monoisotopic (exact) mass is 380 g/mol. The Bertz CT molecular complexity index is 885. The predicted molar refractivity (Wildman–Crippen MR) is 103 cm³/mol. The molecule has 2 aliphatic rings. The van der Waals surface area contributed by atoms with E-state index in [2.05, 4.69) is 25.9 Å². The van der Waals surface area contributed by atoms with E-state index in [1.165, 1.54) is 11.8 Å². The summed E-state index contributed by atoms with van der Waals surface area (Å²) >= 11 is 1.43. The molecule has 138 valence electrons. The Morgan fingerprint density at radius 1 is 1.22 bits per heavy atom. The average Bonchev–Trinajstić information content (AvgIpc) is 3.58. The minimum absolute atomic E-state index is 0.0835. The van der Waals surface area contributed by atoms with Gasteiger partial charge in [-0.1, -0.05) is 0 Å². The molecular weight excluding hydrogens is 360 g/mol. The van der Waals surface area contributed by atoms with E-state index in [4.69, 9.17) is 0 Å². The molecular formula is C19H20N6OS. The van der Waals surface area contributed by atoms with Crippen LogP contribution in [0.1, 0.15) is 40.4 Å². The maximum atomic E-state index is 13.2. The number of hydrogen-bond donors (Lipinski definition) is 0. The van der Waals surface area contributed by atoms with Crippen LogP contribution >= 0.6 is 11.8 Å². The Morgan fingerprint density at radius 3 is 2.52 bits per heavy atom. The lowest BCUT2D eigenvalue weighted by molar-refractivity contribution is 0.0745. The summed E-state index contributed by atoms with van der Waals surface area (Å²) in [5.74, 6) is 1.04. The van der Waals surface area contributed by atoms with Crippen molar-refractivity contribution in [2.24, 2.45) is 0 Å². The van der Waals surface area contributed by atoms with Gasteiger partial charge in [0, 0.05) is 50.2 Å². The minimum Gasteiger partial charge on any atom is -0.337 e. The zero-order valence-corrected chi connectivity index (χ0v) is 15.9. The Labute approximate surface area is 162 Å². The third kappa shape index (κ3) is 3.60. The molecule has 27 heavy (non-hydrogen) atoms. The first-order valence-corrected chi connectivity index (χ1v) is 10.2. The van der Waals surface area contributed by atoms with Crippen LogP contribution in [-0.4, -0.2) is 58.2 Å². The summed E-state index contributed by atoms with van der Waals surface area (Å²) in [5, 5.41) is 10.3. The minimum atomic E-state index is -0.0835. The predicted octanol–water partition coefficient (Wildman–Crippen LogP) is 2.30. The zero-order chi connectivity index (χ0) is 18.8. The number of nitrogens with zero attached hydrogens (tertiary/aromatic N) is 6. The molecule has 1 amide bonds. The zero-order valence-electron chi connectivity index (χ0n) is 15.1. The number of thioether (sulfide) groups is 1. The van der Waals surface area contributed by atoms with Gasteiger partial charge in [0.05, 0.1) is 11.1 Å². The van der Waals surface area contributed by atoms with Crippen LogP contribution in [0.15, 0.2) is 29.6 Å². The standard InChI is InChI=1S/C19H20N6OS/c1-27-17-15(12-20)14(11-16(23-17)13-3-4-13)18(26)24-7-9-25(10-8-24)19-21-5-2-6-22-19/h2,5-6,11,13H,3-4,7-10H2,1H3. The molecule has 0 unspecified atom stereocenters. The van der Waals surface area contributed by atoms with E-state index in [1.807, 2.05) is 17.2 Å². The third-order valence-corrected chi connectivity index (χ3v) is 5.62. The number of hydrogen-bond acceptors (Lipinski definition) is 7. The molecule has 3 heterocycles. The molecule has 4 rings (SSSR count). The van der Waals surface area contributed by atoms with Gasteiger partial charge in [0.2, 0.25) is 5.95 Å². The van der Waals surface area contributed by atoms with Crippen molar-refractivity contribution in [3.05, 3.63) is 41.3 Å². The maximum absolute atomic E-state index is 13.2. The van der Waals surface area contributed by atoms with Crippen LogP contribution in [0.5, 0.6) is 0 Å². The lowest BCUT2D eigenvalue weighted by atomic mass is 10.1. The van der Waals surface area contributed by atoms with Crippen molar-refractivity contribution < 1.29 is 4.79 Å². The highest BCUT2D eigenvalue weighted by molar-refractivity contribution is 7.98. The number of nitriles is 1. The number of anilines is 1. The van der Waals surface area contributed by atoms with Crippen molar-refractivity contribution in [2.75, 3.05) is 37.3 Å². The second-order valence-corrected chi connectivity index (χ2v) is 7.49. The van der Waals surface area contributed by atoms with Crippen LogP contribution in [0.2, 0.25) is 0 Å². The van der Waals surface area contributed by atoms with Crippen molar-refractivity contribution in [1.29, 1.82) is 5.26 Å². The van der Waals surface area contributed by atoms with Crippen LogP contribution in [0.25, 0.3) is 0 Å². The molecule has 1 saturated carbocycles. The van der Waals surface area contributed by atoms with E-state index in [-0.39, 0.29) is 5.91 Å². The molecule has 1 aliphatic carbocycles. The van der Waals surface area contributed by atoms with Gasteiger partial charge < -0.3 is 9.80 Å². The normalized spacial score (nSPS) is 16.9. The lowest BCUT2D eigenvalue weighted by Gasteiger charge is -2.34. The number of carbonyl (C=O) groups excluding carboxylic acids is 1. The lowest BCUT2D eigenvalue weighted by Crippen LogP contribution is -2.49. The fraction of sp³-hybridized carbons (Fsp3) is 0.421. The van der Waals surface area contributed by atoms with Gasteiger partial charge in [0.15, 0.2) is 0 Å². The van der Waals surface area contributed by atoms with Gasteiger partial charge in [-0.25, -0.2) is 15.0 Å². The first-order chi connectivity index (χ1) is 13.2. The number of pyridine rings is 1. The molecule has 7 nitrogen and oxygen atoms in total. The highest BCUT2D eigenvalue weighted by Crippen LogP contribution is 2.40. The van der Waals surface area contributed by atoms with Crippen molar-refractivity contribution in [3.63, 3.8) is 0 Å². The smallest absolute Gasteiger partial charge is 0.255 e. The number of rotatable bonds is 4. The average molecular weight is 380 g/mol. The van der Waals surface area contributed by atoms with Gasteiger partial charge >= 0.3 is 0 Å². The summed E-state index contributed by atoms with van der Waals surface area (Å²) in [6.45, 7) is 2.51. The highest BCUT2D eigenvalue weighted by Gasteiger charge is 2.31. The largest absolute Gasteiger partial charge is 0.337 e. The van der Waals surface area contributed by atoms with Gasteiger partial charge in [-0.3, -0.25) is 4.79 Å². The summed E-state index contributed by atoms with van der Waals surface area (Å²) in [7, 11) is 0. The molecule has 0 N–H and O–H groups in total. The molecule has 0 bridgehead atoms. The fourth-order valence-corrected chi connectivity index (χ4v) is 3.84. The molecule has 8 heteroatoms. The van der Waals surface area contributed by atoms with E-state index in [0.717, 1.165) is 18.5 Å². The van der Waals surface area contributed by atoms with Gasteiger partial charge in [-0.05, 0) is 31.2 Å². The van der Waals surface area contributed by atoms with Crippen molar-refractivity contribution in [2.45, 2.75) is 23.8 Å². The molecule has 2 fully saturated rings. The topological polar surface area (TPSA) is 86.0 Å². The molecule has 1 saturated heterocycles. The van der Waals surface area contributed by atoms with Gasteiger partial charge in [-0.2, -0.15) is 5.26 Å². The third-order valence-electron chi connectivity index (χ3n) is 4.94.